The fourth-order valence-electron chi connectivity index (χ4n) is 4.17. The van der Waals surface area contributed by atoms with E-state index in [0.717, 1.165) is 60.9 Å². The van der Waals surface area contributed by atoms with Crippen molar-refractivity contribution in [1.29, 1.82) is 0 Å². The van der Waals surface area contributed by atoms with Crippen molar-refractivity contribution in [3.63, 3.8) is 0 Å². The summed E-state index contributed by atoms with van der Waals surface area (Å²) in [7, 11) is 0. The molecule has 174 valence electrons. The summed E-state index contributed by atoms with van der Waals surface area (Å²) in [6.45, 7) is 0.749. The molecule has 1 saturated heterocycles. The Labute approximate surface area is 200 Å². The highest BCUT2D eigenvalue weighted by atomic mass is 32.2. The molecule has 11 heteroatoms. The van der Waals surface area contributed by atoms with E-state index in [1.807, 2.05) is 12.1 Å². The van der Waals surface area contributed by atoms with Crippen LogP contribution in [0.4, 0.5) is 10.7 Å². The van der Waals surface area contributed by atoms with Crippen LogP contribution < -0.4 is 16.0 Å². The third-order valence-corrected chi connectivity index (χ3v) is 6.70. The zero-order chi connectivity index (χ0) is 23.3. The highest BCUT2D eigenvalue weighted by Gasteiger charge is 2.25. The Bertz CT molecular complexity index is 1210. The third-order valence-electron chi connectivity index (χ3n) is 5.89. The van der Waals surface area contributed by atoms with Crippen LogP contribution in [0.5, 0.6) is 0 Å². The van der Waals surface area contributed by atoms with Crippen molar-refractivity contribution in [2.75, 3.05) is 5.32 Å². The molecule has 0 bridgehead atoms. The molecule has 0 unspecified atom stereocenters. The van der Waals surface area contributed by atoms with Gasteiger partial charge in [0.25, 0.3) is 11.1 Å². The molecule has 3 aromatic rings. The summed E-state index contributed by atoms with van der Waals surface area (Å²) in [6.07, 6.45) is 10.9. The van der Waals surface area contributed by atoms with Gasteiger partial charge in [-0.05, 0) is 67.3 Å². The van der Waals surface area contributed by atoms with Crippen molar-refractivity contribution in [1.82, 2.24) is 35.8 Å². The van der Waals surface area contributed by atoms with E-state index in [-0.39, 0.29) is 11.3 Å². The van der Waals surface area contributed by atoms with Gasteiger partial charge in [-0.25, -0.2) is 9.97 Å². The first kappa shape index (κ1) is 22.2. The highest BCUT2D eigenvalue weighted by molar-refractivity contribution is 8.18. The zero-order valence-electron chi connectivity index (χ0n) is 18.3. The first-order valence-corrected chi connectivity index (χ1v) is 12.0. The minimum absolute atomic E-state index is 0.283. The van der Waals surface area contributed by atoms with Crippen LogP contribution in [0.2, 0.25) is 0 Å². The van der Waals surface area contributed by atoms with Crippen molar-refractivity contribution in [3.05, 3.63) is 59.0 Å². The molecule has 4 N–H and O–H groups in total. The van der Waals surface area contributed by atoms with E-state index < -0.39 is 5.91 Å². The van der Waals surface area contributed by atoms with Gasteiger partial charge in [0.1, 0.15) is 0 Å². The molecule has 2 aliphatic rings. The first-order chi connectivity index (χ1) is 16.6. The Morgan fingerprint density at radius 3 is 2.65 bits per heavy atom. The Balaban J connectivity index is 1.13. The zero-order valence-corrected chi connectivity index (χ0v) is 19.1. The summed E-state index contributed by atoms with van der Waals surface area (Å²) >= 11 is 0.878. The summed E-state index contributed by atoms with van der Waals surface area (Å²) in [6, 6.07) is 8.40. The molecule has 1 aliphatic heterocycles. The van der Waals surface area contributed by atoms with Gasteiger partial charge >= 0.3 is 0 Å². The minimum atomic E-state index is -0.392. The van der Waals surface area contributed by atoms with Crippen LogP contribution in [0.25, 0.3) is 17.5 Å². The summed E-state index contributed by atoms with van der Waals surface area (Å²) in [5, 5.41) is 16.0. The second-order valence-electron chi connectivity index (χ2n) is 8.21. The van der Waals surface area contributed by atoms with E-state index in [4.69, 9.17) is 0 Å². The van der Waals surface area contributed by atoms with Crippen molar-refractivity contribution in [3.8, 4) is 11.4 Å². The maximum Gasteiger partial charge on any atom is 0.290 e. The molecule has 4 heterocycles. The number of hydrogen-bond acceptors (Lipinski definition) is 9. The van der Waals surface area contributed by atoms with Gasteiger partial charge in [-0.3, -0.25) is 25.0 Å². The Morgan fingerprint density at radius 1 is 1.03 bits per heavy atom. The number of imide groups is 1. The minimum Gasteiger partial charge on any atom is -0.351 e. The lowest BCUT2D eigenvalue weighted by Gasteiger charge is -2.30. The van der Waals surface area contributed by atoms with Crippen LogP contribution >= 0.6 is 11.8 Å². The first-order valence-electron chi connectivity index (χ1n) is 11.2. The molecule has 1 aliphatic carbocycles. The number of carbonyl (C=O) groups is 2. The summed E-state index contributed by atoms with van der Waals surface area (Å²) in [5.41, 5.74) is 3.57. The fraction of sp³-hybridized carbons (Fsp3) is 0.304. The maximum atomic E-state index is 11.7. The van der Waals surface area contributed by atoms with Gasteiger partial charge in [-0.2, -0.15) is 5.10 Å². The maximum absolute atomic E-state index is 11.7. The average Bonchev–Trinajstić information content (AvgIpc) is 3.49. The van der Waals surface area contributed by atoms with Gasteiger partial charge in [0, 0.05) is 37.2 Å². The van der Waals surface area contributed by atoms with Crippen LogP contribution in [0.3, 0.4) is 0 Å². The molecular formula is C23H24N8O2S. The number of rotatable bonds is 7. The fourth-order valence-corrected chi connectivity index (χ4v) is 4.84. The summed E-state index contributed by atoms with van der Waals surface area (Å²) < 4.78 is 0. The standard InChI is InChI=1S/C23H24N8O2S/c32-21-19(34-23(33)30-21)12-17-7-10-25-22(29-17)28-16-5-3-15(4-6-16)26-13-14-2-1-9-24-20(14)18-8-11-27-31-18/h1-2,7-12,15-16,26H,3-6,13H2,(H,27,31)(H,25,28,29)(H,30,32,33)/b19-12-/t15-,16-. The van der Waals surface area contributed by atoms with Crippen molar-refractivity contribution in [2.45, 2.75) is 44.3 Å². The van der Waals surface area contributed by atoms with E-state index in [1.54, 1.807) is 30.7 Å². The van der Waals surface area contributed by atoms with Gasteiger partial charge < -0.3 is 10.6 Å². The van der Waals surface area contributed by atoms with Crippen LogP contribution in [-0.4, -0.2) is 48.4 Å². The number of nitrogens with one attached hydrogen (secondary N) is 4. The summed E-state index contributed by atoms with van der Waals surface area (Å²) in [4.78, 5) is 36.7. The Kier molecular flexibility index (Phi) is 6.63. The number of amides is 2. The van der Waals surface area contributed by atoms with E-state index in [1.165, 1.54) is 0 Å². The monoisotopic (exact) mass is 476 g/mol. The second kappa shape index (κ2) is 10.1. The van der Waals surface area contributed by atoms with Crippen LogP contribution in [0.15, 0.2) is 47.8 Å². The van der Waals surface area contributed by atoms with Crippen molar-refractivity contribution >= 4 is 34.9 Å². The second-order valence-corrected chi connectivity index (χ2v) is 9.23. The van der Waals surface area contributed by atoms with E-state index >= 15 is 0 Å². The number of carbonyl (C=O) groups excluding carboxylic acids is 2. The number of hydrogen-bond donors (Lipinski definition) is 4. The smallest absolute Gasteiger partial charge is 0.290 e. The largest absolute Gasteiger partial charge is 0.351 e. The molecule has 1 saturated carbocycles. The van der Waals surface area contributed by atoms with E-state index in [2.05, 4.69) is 47.2 Å². The Morgan fingerprint density at radius 2 is 1.88 bits per heavy atom. The topological polar surface area (TPSA) is 138 Å². The molecule has 3 aromatic heterocycles. The number of aromatic amines is 1. The predicted molar refractivity (Wildman–Crippen MR) is 129 cm³/mol. The highest BCUT2D eigenvalue weighted by Crippen LogP contribution is 2.26. The molecule has 2 amide bonds. The molecule has 0 atom stereocenters. The average molecular weight is 477 g/mol. The number of H-pyrrole nitrogens is 1. The molecular weight excluding hydrogens is 452 g/mol. The van der Waals surface area contributed by atoms with Crippen molar-refractivity contribution in [2.24, 2.45) is 0 Å². The van der Waals surface area contributed by atoms with Gasteiger partial charge in [0.15, 0.2) is 0 Å². The number of nitrogens with zero attached hydrogens (tertiary/aromatic N) is 4. The molecule has 2 fully saturated rings. The summed E-state index contributed by atoms with van der Waals surface area (Å²) in [5.74, 6) is 0.136. The molecule has 34 heavy (non-hydrogen) atoms. The normalized spacial score (nSPS) is 21.6. The van der Waals surface area contributed by atoms with Gasteiger partial charge in [-0.15, -0.1) is 0 Å². The lowest BCUT2D eigenvalue weighted by atomic mass is 9.91. The Hall–Kier alpha value is -3.57. The van der Waals surface area contributed by atoms with Crippen LogP contribution in [0, 0.1) is 0 Å². The van der Waals surface area contributed by atoms with Gasteiger partial charge in [0.2, 0.25) is 5.95 Å². The quantitative estimate of drug-likeness (QED) is 0.379. The van der Waals surface area contributed by atoms with Crippen LogP contribution in [0.1, 0.15) is 36.9 Å². The molecule has 0 radical (unpaired) electrons. The molecule has 10 nitrogen and oxygen atoms in total. The molecule has 0 spiro atoms. The predicted octanol–water partition coefficient (Wildman–Crippen LogP) is 3.10. The number of aromatic nitrogens is 5. The SMILES string of the molecule is O=C1NC(=O)/C(=C/c2ccnc(N[C@H]3CC[C@H](NCc4cccnc4-c4ccn[nH]4)CC3)n2)S1. The van der Waals surface area contributed by atoms with Gasteiger partial charge in [-0.1, -0.05) is 6.07 Å². The third kappa shape index (κ3) is 5.32. The molecule has 0 aromatic carbocycles. The van der Waals surface area contributed by atoms with Gasteiger partial charge in [0.05, 0.1) is 22.0 Å². The molecule has 5 rings (SSSR count). The lowest BCUT2D eigenvalue weighted by molar-refractivity contribution is -0.115. The van der Waals surface area contributed by atoms with E-state index in [0.29, 0.717) is 22.6 Å². The number of anilines is 1. The lowest BCUT2D eigenvalue weighted by Crippen LogP contribution is -2.37. The van der Waals surface area contributed by atoms with Crippen molar-refractivity contribution < 1.29 is 9.59 Å². The number of pyridine rings is 1. The van der Waals surface area contributed by atoms with E-state index in [9.17, 15) is 9.59 Å². The van der Waals surface area contributed by atoms with Crippen LogP contribution in [-0.2, 0) is 11.3 Å². The number of thioether (sulfide) groups is 1.